The van der Waals surface area contributed by atoms with Crippen LogP contribution in [0.2, 0.25) is 0 Å². The molecular formula is C28H27NOS. The lowest BCUT2D eigenvalue weighted by Crippen LogP contribution is -1.95. The summed E-state index contributed by atoms with van der Waals surface area (Å²) >= 11 is 2.00. The zero-order chi connectivity index (χ0) is 22.5. The first-order valence-corrected chi connectivity index (χ1v) is 11.2. The van der Waals surface area contributed by atoms with Crippen LogP contribution < -0.4 is 0 Å². The molecule has 0 aromatic heterocycles. The lowest BCUT2D eigenvalue weighted by atomic mass is 10.1. The van der Waals surface area contributed by atoms with Crippen molar-refractivity contribution in [1.29, 1.82) is 5.26 Å². The van der Waals surface area contributed by atoms with Crippen LogP contribution >= 0.6 is 11.8 Å². The second-order valence-electron chi connectivity index (χ2n) is 7.00. The number of rotatable bonds is 5. The molecule has 0 heterocycles. The van der Waals surface area contributed by atoms with E-state index in [4.69, 9.17) is 10.4 Å². The van der Waals surface area contributed by atoms with Crippen LogP contribution in [0.5, 0.6) is 5.75 Å². The fraction of sp³-hybridized carbons (Fsp3) is 0.179. The lowest BCUT2D eigenvalue weighted by Gasteiger charge is -2.15. The zero-order valence-corrected chi connectivity index (χ0v) is 18.8. The largest absolute Gasteiger partial charge is 0.508 e. The summed E-state index contributed by atoms with van der Waals surface area (Å²) in [5.74, 6) is 7.36. The molecule has 156 valence electrons. The van der Waals surface area contributed by atoms with E-state index in [1.54, 1.807) is 36.4 Å². The zero-order valence-electron chi connectivity index (χ0n) is 18.0. The molecule has 0 aliphatic carbocycles. The van der Waals surface area contributed by atoms with Gasteiger partial charge in [-0.3, -0.25) is 0 Å². The first kappa shape index (κ1) is 23.9. The summed E-state index contributed by atoms with van der Waals surface area (Å²) in [5.41, 5.74) is 5.01. The van der Waals surface area contributed by atoms with Crippen molar-refractivity contribution in [2.75, 3.05) is 5.75 Å². The number of hydrogen-bond donors (Lipinski definition) is 1. The van der Waals surface area contributed by atoms with Gasteiger partial charge >= 0.3 is 0 Å². The molecule has 0 amide bonds. The maximum atomic E-state index is 9.12. The Kier molecular flexibility index (Phi) is 10.0. The van der Waals surface area contributed by atoms with Gasteiger partial charge in [-0.15, -0.1) is 6.58 Å². The van der Waals surface area contributed by atoms with Gasteiger partial charge in [0, 0.05) is 16.4 Å². The SMILES string of the molecule is C=C(C)CC(SCC)c1ccccc1.N#Cc1ccc(C#Cc2ccc(O)cc2)cc1. The highest BCUT2D eigenvalue weighted by Gasteiger charge is 2.10. The van der Waals surface area contributed by atoms with Crippen molar-refractivity contribution in [2.24, 2.45) is 0 Å². The third kappa shape index (κ3) is 8.87. The molecular weight excluding hydrogens is 398 g/mol. The number of benzene rings is 3. The van der Waals surface area contributed by atoms with Gasteiger partial charge in [0.1, 0.15) is 5.75 Å². The number of thioether (sulfide) groups is 1. The minimum atomic E-state index is 0.230. The molecule has 31 heavy (non-hydrogen) atoms. The molecule has 0 spiro atoms. The second-order valence-corrected chi connectivity index (χ2v) is 8.48. The molecule has 0 saturated heterocycles. The van der Waals surface area contributed by atoms with Gasteiger partial charge in [-0.2, -0.15) is 17.0 Å². The maximum absolute atomic E-state index is 9.12. The Bertz CT molecular complexity index is 1050. The molecule has 0 aliphatic rings. The summed E-state index contributed by atoms with van der Waals surface area (Å²) in [6, 6.07) is 26.6. The van der Waals surface area contributed by atoms with Crippen LogP contribution in [0, 0.1) is 23.2 Å². The Morgan fingerprint density at radius 3 is 1.90 bits per heavy atom. The van der Waals surface area contributed by atoms with Crippen molar-refractivity contribution in [3.05, 3.63) is 113 Å². The number of nitrogens with zero attached hydrogens (tertiary/aromatic N) is 1. The highest BCUT2D eigenvalue weighted by Crippen LogP contribution is 2.33. The van der Waals surface area contributed by atoms with Gasteiger partial charge in [0.2, 0.25) is 0 Å². The van der Waals surface area contributed by atoms with E-state index in [9.17, 15) is 0 Å². The highest BCUT2D eigenvalue weighted by atomic mass is 32.2. The molecule has 1 unspecified atom stereocenters. The van der Waals surface area contributed by atoms with Gasteiger partial charge in [0.25, 0.3) is 0 Å². The van der Waals surface area contributed by atoms with E-state index in [0.717, 1.165) is 23.3 Å². The summed E-state index contributed by atoms with van der Waals surface area (Å²) in [5, 5.41) is 18.4. The number of phenolic OH excluding ortho intramolecular Hbond substituents is 1. The van der Waals surface area contributed by atoms with E-state index < -0.39 is 0 Å². The van der Waals surface area contributed by atoms with E-state index in [0.29, 0.717) is 10.8 Å². The Morgan fingerprint density at radius 2 is 1.42 bits per heavy atom. The minimum Gasteiger partial charge on any atom is -0.508 e. The molecule has 0 fully saturated rings. The number of nitriles is 1. The van der Waals surface area contributed by atoms with Crippen molar-refractivity contribution in [1.82, 2.24) is 0 Å². The molecule has 3 rings (SSSR count). The average Bonchev–Trinajstić information content (AvgIpc) is 2.79. The predicted octanol–water partition coefficient (Wildman–Crippen LogP) is 7.11. The smallest absolute Gasteiger partial charge is 0.115 e. The second kappa shape index (κ2) is 13.0. The average molecular weight is 426 g/mol. The van der Waals surface area contributed by atoms with Crippen LogP contribution in [0.15, 0.2) is 91.0 Å². The van der Waals surface area contributed by atoms with E-state index in [-0.39, 0.29) is 5.75 Å². The molecule has 0 radical (unpaired) electrons. The Labute approximate surface area is 190 Å². The molecule has 0 aliphatic heterocycles. The first-order valence-electron chi connectivity index (χ1n) is 10.1. The van der Waals surface area contributed by atoms with Gasteiger partial charge in [-0.05, 0) is 73.2 Å². The standard InChI is InChI=1S/C15H9NO.C13H18S/c16-11-14-5-3-12(4-6-14)1-2-13-7-9-15(17)10-8-13;1-4-14-13(10-11(2)3)12-8-6-5-7-9-12/h3-10,17H;5-9,13H,2,4,10H2,1,3H3. The predicted molar refractivity (Wildman–Crippen MR) is 132 cm³/mol. The fourth-order valence-corrected chi connectivity index (χ4v) is 3.93. The van der Waals surface area contributed by atoms with Gasteiger partial charge in [-0.25, -0.2) is 0 Å². The van der Waals surface area contributed by atoms with Crippen molar-refractivity contribution in [2.45, 2.75) is 25.5 Å². The summed E-state index contributed by atoms with van der Waals surface area (Å²) in [7, 11) is 0. The molecule has 0 bridgehead atoms. The van der Waals surface area contributed by atoms with Crippen molar-refractivity contribution < 1.29 is 5.11 Å². The molecule has 3 heteroatoms. The monoisotopic (exact) mass is 425 g/mol. The van der Waals surface area contributed by atoms with Crippen molar-refractivity contribution in [3.63, 3.8) is 0 Å². The van der Waals surface area contributed by atoms with Crippen LogP contribution in [0.4, 0.5) is 0 Å². The Morgan fingerprint density at radius 1 is 0.903 bits per heavy atom. The number of aromatic hydroxyl groups is 1. The van der Waals surface area contributed by atoms with E-state index in [2.05, 4.69) is 68.7 Å². The number of phenols is 1. The fourth-order valence-electron chi connectivity index (χ4n) is 2.78. The van der Waals surface area contributed by atoms with Crippen LogP contribution in [0.25, 0.3) is 0 Å². The number of allylic oxidation sites excluding steroid dienone is 1. The molecule has 1 N–H and O–H groups in total. The Hall–Kier alpha value is -3.40. The third-order valence-electron chi connectivity index (χ3n) is 4.31. The van der Waals surface area contributed by atoms with Crippen LogP contribution in [-0.2, 0) is 0 Å². The minimum absolute atomic E-state index is 0.230. The topological polar surface area (TPSA) is 44.0 Å². The summed E-state index contributed by atoms with van der Waals surface area (Å²) in [6.07, 6.45) is 1.09. The van der Waals surface area contributed by atoms with Crippen molar-refractivity contribution >= 4 is 11.8 Å². The summed E-state index contributed by atoms with van der Waals surface area (Å²) in [6.45, 7) is 8.30. The van der Waals surface area contributed by atoms with Gasteiger partial charge in [0.15, 0.2) is 0 Å². The van der Waals surface area contributed by atoms with E-state index in [1.807, 2.05) is 23.9 Å². The summed E-state index contributed by atoms with van der Waals surface area (Å²) in [4.78, 5) is 0. The first-order chi connectivity index (χ1) is 15.0. The molecule has 3 aromatic rings. The molecule has 3 aromatic carbocycles. The quantitative estimate of drug-likeness (QED) is 0.350. The Balaban J connectivity index is 0.000000225. The number of hydrogen-bond acceptors (Lipinski definition) is 3. The molecule has 2 nitrogen and oxygen atoms in total. The lowest BCUT2D eigenvalue weighted by molar-refractivity contribution is 0.475. The van der Waals surface area contributed by atoms with Gasteiger partial charge in [-0.1, -0.05) is 54.7 Å². The molecule has 0 saturated carbocycles. The van der Waals surface area contributed by atoms with Gasteiger partial charge < -0.3 is 5.11 Å². The van der Waals surface area contributed by atoms with Crippen LogP contribution in [0.1, 0.15) is 47.8 Å². The molecule has 1 atom stereocenters. The van der Waals surface area contributed by atoms with E-state index >= 15 is 0 Å². The van der Waals surface area contributed by atoms with Crippen LogP contribution in [-0.4, -0.2) is 10.9 Å². The third-order valence-corrected chi connectivity index (χ3v) is 5.48. The normalized spacial score (nSPS) is 10.5. The van der Waals surface area contributed by atoms with E-state index in [1.165, 1.54) is 11.1 Å². The van der Waals surface area contributed by atoms with Gasteiger partial charge in [0.05, 0.1) is 11.6 Å². The summed E-state index contributed by atoms with van der Waals surface area (Å²) < 4.78 is 0. The maximum Gasteiger partial charge on any atom is 0.115 e. The van der Waals surface area contributed by atoms with Crippen LogP contribution in [0.3, 0.4) is 0 Å². The van der Waals surface area contributed by atoms with Crippen molar-refractivity contribution in [3.8, 4) is 23.7 Å². The highest BCUT2D eigenvalue weighted by molar-refractivity contribution is 7.99.